The Morgan fingerprint density at radius 3 is 1.94 bits per heavy atom. The fourth-order valence-corrected chi connectivity index (χ4v) is 8.94. The summed E-state index contributed by atoms with van der Waals surface area (Å²) in [6.45, 7) is 3.23. The highest BCUT2D eigenvalue weighted by Crippen LogP contribution is 2.34. The molecule has 18 nitrogen and oxygen atoms in total. The monoisotopic (exact) mass is 931 g/mol. The number of carbonyl (C=O) groups is 2. The predicted molar refractivity (Wildman–Crippen MR) is 264 cm³/mol. The van der Waals surface area contributed by atoms with E-state index in [9.17, 15) is 14.7 Å². The molecule has 356 valence electrons. The third-order valence-corrected chi connectivity index (χ3v) is 12.5. The van der Waals surface area contributed by atoms with Crippen LogP contribution >= 0.6 is 0 Å². The van der Waals surface area contributed by atoms with Crippen LogP contribution in [0.1, 0.15) is 54.6 Å². The molecular formula is C51H57N13O5. The number of aldehydes is 1. The van der Waals surface area contributed by atoms with Gasteiger partial charge in [0.1, 0.15) is 17.9 Å². The molecule has 0 atom stereocenters. The third kappa shape index (κ3) is 11.4. The van der Waals surface area contributed by atoms with Crippen molar-refractivity contribution in [3.05, 3.63) is 127 Å². The number of aromatic nitrogens is 6. The van der Waals surface area contributed by atoms with Crippen molar-refractivity contribution in [2.75, 3.05) is 67.7 Å². The Bertz CT molecular complexity index is 2770. The first-order chi connectivity index (χ1) is 33.8. The minimum absolute atomic E-state index is 0.0557. The minimum atomic E-state index is -0.0564. The molecular weight excluding hydrogens is 875 g/mol. The molecule has 0 radical (unpaired) electrons. The molecule has 3 aromatic carbocycles. The van der Waals surface area contributed by atoms with Gasteiger partial charge in [-0.05, 0) is 73.5 Å². The third-order valence-electron chi connectivity index (χ3n) is 12.5. The summed E-state index contributed by atoms with van der Waals surface area (Å²) in [5.41, 5.74) is 8.45. The standard InChI is InChI=1S/C27H29N7O3.C24H28N6O2/c1-32(2)27(36)33-13-12-23-22(17-33)25(34(14-15-35)21-6-4-3-5-7-21)31-26(30-23)29-20-10-8-19(9-11-20)24-16-28-18-37-24;31-13-12-30-11-10-21-20(15-30)23(26-18-4-2-1-3-5-18)29-24(28-21)27-19-8-6-17(7-9-19)22-14-25-16-32-22/h3-11,16,18,35H,12-15,17H2,1-2H3,(H,29,30,31);6-9,13-14,16,18H,1-5,10-12,15H2,(H2,26,27,28,29). The van der Waals surface area contributed by atoms with Crippen LogP contribution < -0.4 is 20.9 Å². The number of hydrogen-bond donors (Lipinski definition) is 4. The lowest BCUT2D eigenvalue weighted by molar-refractivity contribution is -0.109. The Balaban J connectivity index is 0.000000174. The maximum absolute atomic E-state index is 12.7. The normalized spacial score (nSPS) is 14.7. The summed E-state index contributed by atoms with van der Waals surface area (Å²) in [5, 5.41) is 20.3. The van der Waals surface area contributed by atoms with Crippen molar-refractivity contribution >= 4 is 52.9 Å². The summed E-state index contributed by atoms with van der Waals surface area (Å²) in [6, 6.07) is 25.9. The number of anilines is 7. The van der Waals surface area contributed by atoms with Gasteiger partial charge >= 0.3 is 6.03 Å². The molecule has 7 aromatic rings. The van der Waals surface area contributed by atoms with Gasteiger partial charge in [0, 0.05) is 98.5 Å². The Hall–Kier alpha value is -7.70. The molecule has 0 spiro atoms. The van der Waals surface area contributed by atoms with Gasteiger partial charge in [-0.2, -0.15) is 9.97 Å². The van der Waals surface area contributed by atoms with E-state index >= 15 is 0 Å². The number of aliphatic hydroxyl groups is 1. The van der Waals surface area contributed by atoms with Crippen LogP contribution in [0.5, 0.6) is 0 Å². The quantitative estimate of drug-likeness (QED) is 0.0758. The molecule has 4 N–H and O–H groups in total. The fourth-order valence-electron chi connectivity index (χ4n) is 8.94. The number of urea groups is 1. The van der Waals surface area contributed by atoms with Crippen LogP contribution in [0.25, 0.3) is 22.6 Å². The Kier molecular flexibility index (Phi) is 14.8. The van der Waals surface area contributed by atoms with Gasteiger partial charge in [0.05, 0.1) is 43.5 Å². The zero-order valence-electron chi connectivity index (χ0n) is 38.9. The molecule has 1 aliphatic carbocycles. The van der Waals surface area contributed by atoms with Gasteiger partial charge in [-0.25, -0.2) is 24.7 Å². The van der Waals surface area contributed by atoms with Gasteiger partial charge in [-0.15, -0.1) is 0 Å². The van der Waals surface area contributed by atoms with Gasteiger partial charge < -0.3 is 49.4 Å². The van der Waals surface area contributed by atoms with Crippen LogP contribution in [0.15, 0.2) is 113 Å². The fraction of sp³-hybridized carbons (Fsp3) is 0.333. The second-order valence-electron chi connectivity index (χ2n) is 17.4. The van der Waals surface area contributed by atoms with Gasteiger partial charge in [0.2, 0.25) is 11.9 Å². The topological polar surface area (TPSA) is 207 Å². The predicted octanol–water partition coefficient (Wildman–Crippen LogP) is 8.22. The first kappa shape index (κ1) is 46.4. The molecule has 3 aliphatic rings. The van der Waals surface area contributed by atoms with Crippen molar-refractivity contribution in [2.24, 2.45) is 0 Å². The zero-order chi connectivity index (χ0) is 47.5. The molecule has 0 unspecified atom stereocenters. The van der Waals surface area contributed by atoms with Crippen LogP contribution in [-0.2, 0) is 30.7 Å². The van der Waals surface area contributed by atoms with Gasteiger partial charge in [-0.3, -0.25) is 4.90 Å². The van der Waals surface area contributed by atoms with Crippen molar-refractivity contribution in [3.8, 4) is 22.6 Å². The van der Waals surface area contributed by atoms with E-state index in [0.29, 0.717) is 68.7 Å². The summed E-state index contributed by atoms with van der Waals surface area (Å²) >= 11 is 0. The number of oxazole rings is 2. The molecule has 6 heterocycles. The van der Waals surface area contributed by atoms with Crippen LogP contribution in [0, 0.1) is 0 Å². The van der Waals surface area contributed by atoms with E-state index in [1.165, 1.54) is 44.9 Å². The molecule has 18 heteroatoms. The smallest absolute Gasteiger partial charge is 0.319 e. The van der Waals surface area contributed by atoms with E-state index in [0.717, 1.165) is 81.5 Å². The highest BCUT2D eigenvalue weighted by Gasteiger charge is 2.29. The number of amides is 2. The Labute approximate surface area is 400 Å². The largest absolute Gasteiger partial charge is 0.444 e. The number of fused-ring (bicyclic) bond motifs is 2. The lowest BCUT2D eigenvalue weighted by atomic mass is 9.95. The lowest BCUT2D eigenvalue weighted by Gasteiger charge is -2.34. The van der Waals surface area contributed by atoms with Crippen LogP contribution in [0.3, 0.4) is 0 Å². The molecule has 4 aromatic heterocycles. The Morgan fingerprint density at radius 1 is 0.754 bits per heavy atom. The molecule has 69 heavy (non-hydrogen) atoms. The molecule has 10 rings (SSSR count). The van der Waals surface area contributed by atoms with E-state index < -0.39 is 0 Å². The first-order valence-electron chi connectivity index (χ1n) is 23.5. The number of rotatable bonds is 14. The van der Waals surface area contributed by atoms with Gasteiger partial charge in [0.25, 0.3) is 0 Å². The number of nitrogens with zero attached hydrogens (tertiary/aromatic N) is 10. The highest BCUT2D eigenvalue weighted by atomic mass is 16.3. The van der Waals surface area contributed by atoms with E-state index in [-0.39, 0.29) is 12.6 Å². The number of nitrogens with one attached hydrogen (secondary N) is 3. The molecule has 0 bridgehead atoms. The summed E-state index contributed by atoms with van der Waals surface area (Å²) < 4.78 is 10.7. The first-order valence-corrected chi connectivity index (χ1v) is 23.5. The van der Waals surface area contributed by atoms with Crippen LogP contribution in [0.4, 0.5) is 45.4 Å². The number of hydrogen-bond acceptors (Lipinski definition) is 16. The van der Waals surface area contributed by atoms with E-state index in [1.54, 1.807) is 36.3 Å². The number of para-hydroxylation sites is 1. The molecule has 2 aliphatic heterocycles. The van der Waals surface area contributed by atoms with Crippen molar-refractivity contribution in [1.82, 2.24) is 44.6 Å². The van der Waals surface area contributed by atoms with Crippen molar-refractivity contribution in [2.45, 2.75) is 64.1 Å². The molecule has 2 amide bonds. The summed E-state index contributed by atoms with van der Waals surface area (Å²) in [7, 11) is 3.50. The van der Waals surface area contributed by atoms with E-state index in [1.807, 2.05) is 83.8 Å². The zero-order valence-corrected chi connectivity index (χ0v) is 38.9. The number of benzene rings is 3. The van der Waals surface area contributed by atoms with Crippen molar-refractivity contribution in [1.29, 1.82) is 0 Å². The van der Waals surface area contributed by atoms with Crippen LogP contribution in [-0.4, -0.2) is 115 Å². The minimum Gasteiger partial charge on any atom is -0.444 e. The second-order valence-corrected chi connectivity index (χ2v) is 17.4. The number of carbonyl (C=O) groups excluding carboxylic acids is 2. The lowest BCUT2D eigenvalue weighted by Crippen LogP contribution is -2.43. The molecule has 1 saturated carbocycles. The van der Waals surface area contributed by atoms with Crippen molar-refractivity contribution in [3.63, 3.8) is 0 Å². The summed E-state index contributed by atoms with van der Waals surface area (Å²) in [5.74, 6) is 4.05. The Morgan fingerprint density at radius 2 is 1.36 bits per heavy atom. The number of aliphatic hydroxyl groups excluding tert-OH is 1. The molecule has 0 saturated heterocycles. The highest BCUT2D eigenvalue weighted by molar-refractivity contribution is 5.75. The van der Waals surface area contributed by atoms with Crippen molar-refractivity contribution < 1.29 is 23.5 Å². The summed E-state index contributed by atoms with van der Waals surface area (Å²) in [4.78, 5) is 58.6. The average molecular weight is 932 g/mol. The SMILES string of the molecule is CN(C)C(=O)N1CCc2nc(Nc3ccc(-c4cnco4)cc3)nc(N(CCO)c3ccccc3)c2C1.O=CCN1CCc2nc(Nc3ccc(-c4cnco4)cc3)nc(NC3CCCCC3)c2C1. The average Bonchev–Trinajstić information content (AvgIpc) is 4.14. The maximum atomic E-state index is 12.7. The van der Waals surface area contributed by atoms with Crippen LogP contribution in [0.2, 0.25) is 0 Å². The van der Waals surface area contributed by atoms with E-state index in [2.05, 4.69) is 30.8 Å². The second kappa shape index (κ2) is 21.9. The van der Waals surface area contributed by atoms with Gasteiger partial charge in [0.15, 0.2) is 24.3 Å². The maximum Gasteiger partial charge on any atom is 0.319 e. The summed E-state index contributed by atoms with van der Waals surface area (Å²) in [6.07, 6.45) is 14.7. The van der Waals surface area contributed by atoms with Gasteiger partial charge in [-0.1, -0.05) is 37.5 Å². The van der Waals surface area contributed by atoms with E-state index in [4.69, 9.17) is 28.8 Å². The molecule has 1 fully saturated rings.